The first-order chi connectivity index (χ1) is 6.12. The summed E-state index contributed by atoms with van der Waals surface area (Å²) in [4.78, 5) is 10.0. The third-order valence-corrected chi connectivity index (χ3v) is 6.72. The first-order valence-electron chi connectivity index (χ1n) is 5.60. The van der Waals surface area contributed by atoms with E-state index in [4.69, 9.17) is 9.96 Å². The minimum atomic E-state index is -1.56. The Balaban J connectivity index is -0.000000653. The van der Waals surface area contributed by atoms with E-state index >= 15 is 0 Å². The summed E-state index contributed by atoms with van der Waals surface area (Å²) in [7, 11) is -1.56. The molecule has 0 amide bonds. The van der Waals surface area contributed by atoms with Crippen molar-refractivity contribution >= 4 is 8.40 Å². The quantitative estimate of drug-likeness (QED) is 0.501. The van der Waals surface area contributed by atoms with E-state index in [-0.39, 0.29) is 47.6 Å². The van der Waals surface area contributed by atoms with Crippen LogP contribution in [0.3, 0.4) is 0 Å². The Labute approximate surface area is 126 Å². The van der Waals surface area contributed by atoms with E-state index < -0.39 is 8.40 Å². The molecule has 17 heavy (non-hydrogen) atoms. The van der Waals surface area contributed by atoms with E-state index in [0.29, 0.717) is 0 Å². The fraction of sp³-hybridized carbons (Fsp3) is 0.846. The predicted octanol–water partition coefficient (Wildman–Crippen LogP) is 5.07. The van der Waals surface area contributed by atoms with E-state index in [1.807, 2.05) is 0 Å². The van der Waals surface area contributed by atoms with Gasteiger partial charge in [-0.25, -0.2) is 0 Å². The van der Waals surface area contributed by atoms with Crippen molar-refractivity contribution < 1.29 is 21.7 Å². The minimum Gasteiger partial charge on any atom is -0.675 e. The molecule has 0 aromatic heterocycles. The number of nitrogens with zero attached hydrogens (tertiary/aromatic N) is 2. The van der Waals surface area contributed by atoms with Gasteiger partial charge in [0, 0.05) is 0 Å². The third kappa shape index (κ3) is 8.55. The third-order valence-electron chi connectivity index (χ3n) is 2.24. The van der Waals surface area contributed by atoms with E-state index in [9.17, 15) is 0 Å². The Morgan fingerprint density at radius 3 is 1.18 bits per heavy atom. The van der Waals surface area contributed by atoms with Crippen molar-refractivity contribution in [3.8, 4) is 0 Å². The SMILES string of the molecule is CC(C)(C)[N-][Si]1([N-]C(C)(C)C)CCC1.[CH3-].[CH3-].[Ti+4]. The van der Waals surface area contributed by atoms with E-state index in [0.717, 1.165) is 0 Å². The van der Waals surface area contributed by atoms with E-state index in [1.165, 1.54) is 18.5 Å². The van der Waals surface area contributed by atoms with Crippen LogP contribution >= 0.6 is 0 Å². The van der Waals surface area contributed by atoms with Gasteiger partial charge in [0.25, 0.3) is 0 Å². The smallest absolute Gasteiger partial charge is 0.675 e. The van der Waals surface area contributed by atoms with Crippen molar-refractivity contribution in [1.29, 1.82) is 0 Å². The van der Waals surface area contributed by atoms with Crippen LogP contribution in [0.25, 0.3) is 9.96 Å². The van der Waals surface area contributed by atoms with Crippen LogP contribution in [0.4, 0.5) is 0 Å². The Morgan fingerprint density at radius 1 is 0.765 bits per heavy atom. The maximum Gasteiger partial charge on any atom is 4.00 e. The molecule has 1 saturated heterocycles. The molecule has 0 N–H and O–H groups in total. The Bertz CT molecular complexity index is 184. The van der Waals surface area contributed by atoms with Crippen LogP contribution in [-0.2, 0) is 21.7 Å². The number of hydrogen-bond donors (Lipinski definition) is 0. The number of rotatable bonds is 2. The van der Waals surface area contributed by atoms with Crippen molar-refractivity contribution in [3.63, 3.8) is 0 Å². The summed E-state index contributed by atoms with van der Waals surface area (Å²) in [5, 5.41) is 0. The summed E-state index contributed by atoms with van der Waals surface area (Å²) in [6.07, 6.45) is 1.34. The maximum atomic E-state index is 5.00. The minimum absolute atomic E-state index is 0. The molecule has 0 unspecified atom stereocenters. The van der Waals surface area contributed by atoms with Crippen molar-refractivity contribution in [2.24, 2.45) is 0 Å². The summed E-state index contributed by atoms with van der Waals surface area (Å²) >= 11 is 0. The van der Waals surface area contributed by atoms with Crippen LogP contribution in [0.5, 0.6) is 0 Å². The predicted molar refractivity (Wildman–Crippen MR) is 79.0 cm³/mol. The topological polar surface area (TPSA) is 28.2 Å². The van der Waals surface area contributed by atoms with Crippen molar-refractivity contribution in [3.05, 3.63) is 24.8 Å². The van der Waals surface area contributed by atoms with Gasteiger partial charge in [-0.3, -0.25) is 0 Å². The van der Waals surface area contributed by atoms with Crippen LogP contribution in [-0.4, -0.2) is 19.5 Å². The molecular formula is C13H30N2SiTi. The van der Waals surface area contributed by atoms with Gasteiger partial charge in [0.05, 0.1) is 0 Å². The second kappa shape index (κ2) is 7.44. The average Bonchev–Trinajstić information content (AvgIpc) is 1.75. The second-order valence-electron chi connectivity index (χ2n) is 6.40. The fourth-order valence-electron chi connectivity index (χ4n) is 1.99. The van der Waals surface area contributed by atoms with Gasteiger partial charge in [-0.2, -0.15) is 8.40 Å². The van der Waals surface area contributed by atoms with Gasteiger partial charge in [-0.15, -0.1) is 11.1 Å². The molecule has 1 rings (SSSR count). The normalized spacial score (nSPS) is 18.0. The largest absolute Gasteiger partial charge is 4.00 e. The summed E-state index contributed by atoms with van der Waals surface area (Å²) < 4.78 is 0. The number of hydrogen-bond acceptors (Lipinski definition) is 0. The molecular weight excluding hydrogens is 260 g/mol. The Morgan fingerprint density at radius 2 is 1.06 bits per heavy atom. The molecule has 0 spiro atoms. The van der Waals surface area contributed by atoms with Gasteiger partial charge in [0.2, 0.25) is 0 Å². The summed E-state index contributed by atoms with van der Waals surface area (Å²) in [5.41, 5.74) is 0.197. The summed E-state index contributed by atoms with van der Waals surface area (Å²) in [6, 6.07) is 2.56. The van der Waals surface area contributed by atoms with Crippen molar-refractivity contribution in [1.82, 2.24) is 0 Å². The molecule has 2 nitrogen and oxygen atoms in total. The molecule has 1 aliphatic rings. The Hall–Kier alpha value is 0.851. The van der Waals surface area contributed by atoms with Crippen LogP contribution in [0, 0.1) is 14.9 Å². The van der Waals surface area contributed by atoms with E-state index in [1.54, 1.807) is 0 Å². The second-order valence-corrected chi connectivity index (χ2v) is 9.81. The molecule has 0 aromatic rings. The molecule has 0 aliphatic carbocycles. The molecule has 100 valence electrons. The monoisotopic (exact) mass is 290 g/mol. The molecule has 1 heterocycles. The fourth-order valence-corrected chi connectivity index (χ4v) is 5.97. The molecule has 1 aliphatic heterocycles. The summed E-state index contributed by atoms with van der Waals surface area (Å²) in [6.45, 7) is 13.2. The molecule has 0 radical (unpaired) electrons. The molecule has 4 heteroatoms. The van der Waals surface area contributed by atoms with Gasteiger partial charge in [-0.1, -0.05) is 60.1 Å². The van der Waals surface area contributed by atoms with Crippen LogP contribution in [0.2, 0.25) is 12.1 Å². The molecule has 0 bridgehead atoms. The maximum absolute atomic E-state index is 5.00. The van der Waals surface area contributed by atoms with Gasteiger partial charge >= 0.3 is 21.7 Å². The molecule has 0 saturated carbocycles. The zero-order chi connectivity index (χ0) is 11.0. The van der Waals surface area contributed by atoms with E-state index in [2.05, 4.69) is 41.5 Å². The van der Waals surface area contributed by atoms with Gasteiger partial charge in [0.1, 0.15) is 0 Å². The first-order valence-corrected chi connectivity index (χ1v) is 7.91. The first kappa shape index (κ1) is 23.0. The molecule has 0 aromatic carbocycles. The average molecular weight is 290 g/mol. The van der Waals surface area contributed by atoms with Gasteiger partial charge in [0.15, 0.2) is 0 Å². The van der Waals surface area contributed by atoms with Gasteiger partial charge < -0.3 is 24.8 Å². The standard InChI is InChI=1S/C11H24N2Si.2CH3.Ti/c1-10(2,3)12-14(8-7-9-14)13-11(4,5)6;;;/h7-9H2,1-6H3;2*1H3;/q-2;2*-1;+4. The van der Waals surface area contributed by atoms with Crippen molar-refractivity contribution in [2.75, 3.05) is 0 Å². The molecule has 1 fully saturated rings. The van der Waals surface area contributed by atoms with Crippen LogP contribution in [0.1, 0.15) is 48.0 Å². The molecule has 0 atom stereocenters. The van der Waals surface area contributed by atoms with Crippen LogP contribution in [0.15, 0.2) is 0 Å². The Kier molecular flexibility index (Phi) is 10.1. The van der Waals surface area contributed by atoms with Crippen LogP contribution < -0.4 is 0 Å². The zero-order valence-electron chi connectivity index (χ0n) is 13.0. The summed E-state index contributed by atoms with van der Waals surface area (Å²) in [5.74, 6) is 0. The van der Waals surface area contributed by atoms with Crippen molar-refractivity contribution in [2.45, 2.75) is 71.1 Å². The zero-order valence-corrected chi connectivity index (χ0v) is 15.6. The van der Waals surface area contributed by atoms with Gasteiger partial charge in [-0.05, 0) is 0 Å².